The molecule has 3 aromatic rings. The van der Waals surface area contributed by atoms with E-state index in [1.54, 1.807) is 36.5 Å². The number of piperidine rings is 1. The van der Waals surface area contributed by atoms with Gasteiger partial charge in [0.15, 0.2) is 0 Å². The second-order valence-corrected chi connectivity index (χ2v) is 9.11. The van der Waals surface area contributed by atoms with Gasteiger partial charge in [0.25, 0.3) is 5.91 Å². The molecular formula is C27H26ClFN4O. The first kappa shape index (κ1) is 23.9. The third-order valence-corrected chi connectivity index (χ3v) is 6.95. The minimum absolute atomic E-state index is 0.213. The van der Waals surface area contributed by atoms with Crippen molar-refractivity contribution in [2.75, 3.05) is 13.1 Å². The van der Waals surface area contributed by atoms with Gasteiger partial charge in [-0.15, -0.1) is 0 Å². The van der Waals surface area contributed by atoms with Gasteiger partial charge < -0.3 is 5.32 Å². The Morgan fingerprint density at radius 3 is 2.62 bits per heavy atom. The molecular weight excluding hydrogens is 451 g/mol. The zero-order chi connectivity index (χ0) is 24.1. The van der Waals surface area contributed by atoms with Crippen LogP contribution in [-0.4, -0.2) is 28.9 Å². The lowest BCUT2D eigenvalue weighted by molar-refractivity contribution is 0.0950. The van der Waals surface area contributed by atoms with Crippen LogP contribution in [0.2, 0.25) is 5.02 Å². The van der Waals surface area contributed by atoms with E-state index >= 15 is 0 Å². The number of carbonyl (C=O) groups is 1. The van der Waals surface area contributed by atoms with Crippen molar-refractivity contribution >= 4 is 17.5 Å². The van der Waals surface area contributed by atoms with E-state index in [1.807, 2.05) is 19.1 Å². The highest BCUT2D eigenvalue weighted by molar-refractivity contribution is 6.31. The third-order valence-electron chi connectivity index (χ3n) is 6.54. The molecule has 0 spiro atoms. The first-order chi connectivity index (χ1) is 16.4. The lowest BCUT2D eigenvalue weighted by Gasteiger charge is -2.37. The van der Waals surface area contributed by atoms with Crippen LogP contribution in [0.3, 0.4) is 0 Å². The van der Waals surface area contributed by atoms with Crippen LogP contribution in [0.1, 0.15) is 45.6 Å². The van der Waals surface area contributed by atoms with Crippen LogP contribution < -0.4 is 5.32 Å². The molecule has 0 radical (unpaired) electrons. The molecule has 1 N–H and O–H groups in total. The van der Waals surface area contributed by atoms with Gasteiger partial charge in [-0.25, -0.2) is 4.39 Å². The molecule has 7 heteroatoms. The van der Waals surface area contributed by atoms with Gasteiger partial charge in [-0.3, -0.25) is 14.7 Å². The Morgan fingerprint density at radius 2 is 1.91 bits per heavy atom. The maximum absolute atomic E-state index is 13.2. The Kier molecular flexibility index (Phi) is 7.26. The van der Waals surface area contributed by atoms with Gasteiger partial charge in [0.2, 0.25) is 0 Å². The molecule has 0 saturated carbocycles. The molecule has 1 saturated heterocycles. The van der Waals surface area contributed by atoms with Crippen LogP contribution in [-0.2, 0) is 18.5 Å². The summed E-state index contributed by atoms with van der Waals surface area (Å²) in [5.41, 5.74) is 3.15. The molecule has 1 aliphatic rings. The Bertz CT molecular complexity index is 1210. The molecule has 174 valence electrons. The molecule has 1 fully saturated rings. The van der Waals surface area contributed by atoms with Crippen molar-refractivity contribution in [3.63, 3.8) is 0 Å². The van der Waals surface area contributed by atoms with Gasteiger partial charge in [0, 0.05) is 43.0 Å². The van der Waals surface area contributed by atoms with Gasteiger partial charge >= 0.3 is 0 Å². The summed E-state index contributed by atoms with van der Waals surface area (Å²) < 4.78 is 13.2. The summed E-state index contributed by atoms with van der Waals surface area (Å²) in [6.45, 7) is 4.27. The molecule has 0 atom stereocenters. The summed E-state index contributed by atoms with van der Waals surface area (Å²) in [4.78, 5) is 19.6. The number of rotatable bonds is 6. The number of hydrogen-bond acceptors (Lipinski definition) is 4. The summed E-state index contributed by atoms with van der Waals surface area (Å²) >= 11 is 6.16. The van der Waals surface area contributed by atoms with Gasteiger partial charge in [-0.05, 0) is 66.8 Å². The van der Waals surface area contributed by atoms with Gasteiger partial charge in [0.05, 0.1) is 11.8 Å². The van der Waals surface area contributed by atoms with Crippen LogP contribution in [0.25, 0.3) is 0 Å². The fourth-order valence-electron chi connectivity index (χ4n) is 4.48. The molecule has 0 bridgehead atoms. The van der Waals surface area contributed by atoms with Crippen LogP contribution >= 0.6 is 11.6 Å². The standard InChI is InChI=1S/C27H26ClFN4O/c1-19-23(5-2-6-24(19)28)26(34)32-16-21-4-3-13-31-25(21)27(18-30)11-14-33(15-12-27)17-20-7-9-22(29)10-8-20/h2-10,13H,11-12,14-17H2,1H3,(H,32,34). The van der Waals surface area contributed by atoms with Crippen molar-refractivity contribution in [1.29, 1.82) is 5.26 Å². The van der Waals surface area contributed by atoms with Crippen molar-refractivity contribution < 1.29 is 9.18 Å². The predicted molar refractivity (Wildman–Crippen MR) is 130 cm³/mol. The minimum Gasteiger partial charge on any atom is -0.348 e. The van der Waals surface area contributed by atoms with E-state index in [0.717, 1.165) is 35.5 Å². The van der Waals surface area contributed by atoms with Crippen molar-refractivity contribution in [3.8, 4) is 6.07 Å². The molecule has 4 rings (SSSR count). The maximum atomic E-state index is 13.2. The van der Waals surface area contributed by atoms with E-state index in [-0.39, 0.29) is 18.3 Å². The molecule has 34 heavy (non-hydrogen) atoms. The smallest absolute Gasteiger partial charge is 0.251 e. The number of benzene rings is 2. The largest absolute Gasteiger partial charge is 0.348 e. The number of amides is 1. The van der Waals surface area contributed by atoms with Crippen molar-refractivity contribution in [3.05, 3.63) is 99.6 Å². The number of nitriles is 1. The summed E-state index contributed by atoms with van der Waals surface area (Å²) in [5.74, 6) is -0.457. The van der Waals surface area contributed by atoms with Crippen molar-refractivity contribution in [1.82, 2.24) is 15.2 Å². The number of pyridine rings is 1. The molecule has 0 aliphatic carbocycles. The van der Waals surface area contributed by atoms with Crippen LogP contribution in [0.15, 0.2) is 60.8 Å². The second kappa shape index (κ2) is 10.3. The second-order valence-electron chi connectivity index (χ2n) is 8.70. The van der Waals surface area contributed by atoms with E-state index in [0.29, 0.717) is 30.0 Å². The molecule has 1 amide bonds. The van der Waals surface area contributed by atoms with Gasteiger partial charge in [-0.1, -0.05) is 35.9 Å². The average molecular weight is 477 g/mol. The van der Waals surface area contributed by atoms with Gasteiger partial charge in [-0.2, -0.15) is 5.26 Å². The minimum atomic E-state index is -0.716. The van der Waals surface area contributed by atoms with Crippen molar-refractivity contribution in [2.45, 2.75) is 38.3 Å². The van der Waals surface area contributed by atoms with E-state index in [2.05, 4.69) is 21.3 Å². The quantitative estimate of drug-likeness (QED) is 0.533. The number of likely N-dealkylation sites (tertiary alicyclic amines) is 1. The summed E-state index contributed by atoms with van der Waals surface area (Å²) in [7, 11) is 0. The van der Waals surface area contributed by atoms with E-state index < -0.39 is 5.41 Å². The Morgan fingerprint density at radius 1 is 1.18 bits per heavy atom. The van der Waals surface area contributed by atoms with E-state index in [1.165, 1.54) is 12.1 Å². The maximum Gasteiger partial charge on any atom is 0.251 e. The van der Waals surface area contributed by atoms with E-state index in [9.17, 15) is 14.4 Å². The predicted octanol–water partition coefficient (Wildman–Crippen LogP) is 5.17. The zero-order valence-electron chi connectivity index (χ0n) is 19.0. The zero-order valence-corrected chi connectivity index (χ0v) is 19.8. The molecule has 2 heterocycles. The molecule has 5 nitrogen and oxygen atoms in total. The Balaban J connectivity index is 1.46. The number of nitrogens with one attached hydrogen (secondary N) is 1. The van der Waals surface area contributed by atoms with Crippen molar-refractivity contribution in [2.24, 2.45) is 0 Å². The monoisotopic (exact) mass is 476 g/mol. The lowest BCUT2D eigenvalue weighted by Crippen LogP contribution is -2.42. The fourth-order valence-corrected chi connectivity index (χ4v) is 4.65. The summed E-state index contributed by atoms with van der Waals surface area (Å²) in [6.07, 6.45) is 2.97. The summed E-state index contributed by atoms with van der Waals surface area (Å²) in [5, 5.41) is 13.7. The highest BCUT2D eigenvalue weighted by Crippen LogP contribution is 2.36. The number of hydrogen-bond donors (Lipinski definition) is 1. The van der Waals surface area contributed by atoms with Crippen LogP contribution in [0.4, 0.5) is 4.39 Å². The number of nitrogens with zero attached hydrogens (tertiary/aromatic N) is 3. The molecule has 2 aromatic carbocycles. The highest BCUT2D eigenvalue weighted by atomic mass is 35.5. The Hall–Kier alpha value is -3.27. The molecule has 0 unspecified atom stereocenters. The average Bonchev–Trinajstić information content (AvgIpc) is 2.86. The van der Waals surface area contributed by atoms with Gasteiger partial charge in [0.1, 0.15) is 11.2 Å². The third kappa shape index (κ3) is 5.11. The first-order valence-electron chi connectivity index (χ1n) is 11.3. The number of carbonyl (C=O) groups excluding carboxylic acids is 1. The molecule has 1 aliphatic heterocycles. The highest BCUT2D eigenvalue weighted by Gasteiger charge is 2.39. The van der Waals surface area contributed by atoms with E-state index in [4.69, 9.17) is 11.6 Å². The fraction of sp³-hybridized carbons (Fsp3) is 0.296. The lowest BCUT2D eigenvalue weighted by atomic mass is 9.75. The number of halogens is 2. The SMILES string of the molecule is Cc1c(Cl)cccc1C(=O)NCc1cccnc1C1(C#N)CCN(Cc2ccc(F)cc2)CC1. The van der Waals surface area contributed by atoms with Crippen LogP contribution in [0.5, 0.6) is 0 Å². The Labute approximate surface area is 204 Å². The molecule has 1 aromatic heterocycles. The first-order valence-corrected chi connectivity index (χ1v) is 11.7. The summed E-state index contributed by atoms with van der Waals surface area (Å²) in [6, 6.07) is 18.1. The normalized spacial score (nSPS) is 15.5. The topological polar surface area (TPSA) is 69.0 Å². The number of aromatic nitrogens is 1. The van der Waals surface area contributed by atoms with Crippen LogP contribution in [0, 0.1) is 24.1 Å².